The summed E-state index contributed by atoms with van der Waals surface area (Å²) in [5.74, 6) is 2.35. The van der Waals surface area contributed by atoms with Crippen LogP contribution in [-0.4, -0.2) is 41.9 Å². The van der Waals surface area contributed by atoms with Gasteiger partial charge in [-0.25, -0.2) is 4.98 Å². The Hall–Kier alpha value is -2.90. The number of carbonyl (C=O) groups excluding carboxylic acids is 1. The molecule has 1 amide bonds. The maximum atomic E-state index is 10.6. The number of nitrogens with one attached hydrogen (secondary N) is 1. The molecule has 188 valence electrons. The molecular formula is C27H36ClN5O2. The molecule has 1 aromatic heterocycles. The van der Waals surface area contributed by atoms with E-state index < -0.39 is 0 Å². The first-order valence-corrected chi connectivity index (χ1v) is 12.6. The number of aliphatic hydroxyl groups excluding tert-OH is 1. The van der Waals surface area contributed by atoms with Crippen LogP contribution < -0.4 is 16.0 Å². The van der Waals surface area contributed by atoms with Gasteiger partial charge in [0.1, 0.15) is 5.82 Å². The number of aliphatic imine (C=N–C) groups is 1. The predicted octanol–water partition coefficient (Wildman–Crippen LogP) is 5.42. The van der Waals surface area contributed by atoms with Gasteiger partial charge >= 0.3 is 0 Å². The predicted molar refractivity (Wildman–Crippen MR) is 145 cm³/mol. The number of carbonyl (C=O) groups is 1. The van der Waals surface area contributed by atoms with Crippen LogP contribution >= 0.6 is 11.6 Å². The molecule has 7 nitrogen and oxygen atoms in total. The third-order valence-corrected chi connectivity index (χ3v) is 6.79. The average molecular weight is 498 g/mol. The maximum absolute atomic E-state index is 10.6. The zero-order valence-electron chi connectivity index (χ0n) is 20.6. The summed E-state index contributed by atoms with van der Waals surface area (Å²) in [6.45, 7) is 6.17. The highest BCUT2D eigenvalue weighted by molar-refractivity contribution is 6.30. The number of aliphatic hydroxyl groups is 1. The van der Waals surface area contributed by atoms with Crippen LogP contribution in [0.15, 0.2) is 53.3 Å². The quantitative estimate of drug-likeness (QED) is 0.333. The Balaban J connectivity index is 0.000000214. The number of pyridine rings is 1. The van der Waals surface area contributed by atoms with Crippen molar-refractivity contribution in [2.24, 2.45) is 16.6 Å². The van der Waals surface area contributed by atoms with Gasteiger partial charge in [-0.05, 0) is 105 Å². The van der Waals surface area contributed by atoms with E-state index in [1.54, 1.807) is 12.4 Å². The summed E-state index contributed by atoms with van der Waals surface area (Å²) in [6, 6.07) is 9.45. The molecule has 35 heavy (non-hydrogen) atoms. The number of anilines is 2. The lowest BCUT2D eigenvalue weighted by molar-refractivity contribution is -0.105. The van der Waals surface area contributed by atoms with Crippen LogP contribution in [0.4, 0.5) is 17.2 Å². The largest absolute Gasteiger partial charge is 0.404 e. The second-order valence-corrected chi connectivity index (χ2v) is 9.58. The first kappa shape index (κ1) is 26.7. The lowest BCUT2D eigenvalue weighted by atomic mass is 9.93. The van der Waals surface area contributed by atoms with Gasteiger partial charge < -0.3 is 21.1 Å². The van der Waals surface area contributed by atoms with Crippen LogP contribution in [0.3, 0.4) is 0 Å². The molecule has 2 fully saturated rings. The van der Waals surface area contributed by atoms with Crippen LogP contribution in [0, 0.1) is 5.92 Å². The van der Waals surface area contributed by atoms with Crippen LogP contribution in [-0.2, 0) is 4.79 Å². The Morgan fingerprint density at radius 2 is 1.91 bits per heavy atom. The van der Waals surface area contributed by atoms with E-state index in [1.807, 2.05) is 38.1 Å². The number of hydrogen-bond donors (Lipinski definition) is 3. The molecule has 1 saturated carbocycles. The summed E-state index contributed by atoms with van der Waals surface area (Å²) < 4.78 is 0. The van der Waals surface area contributed by atoms with Crippen molar-refractivity contribution in [3.63, 3.8) is 0 Å². The van der Waals surface area contributed by atoms with E-state index in [4.69, 9.17) is 22.4 Å². The monoisotopic (exact) mass is 497 g/mol. The number of hydrogen-bond acceptors (Lipinski definition) is 6. The number of halogens is 1. The van der Waals surface area contributed by atoms with Crippen molar-refractivity contribution >= 4 is 40.9 Å². The minimum Gasteiger partial charge on any atom is -0.404 e. The smallest absolute Gasteiger partial charge is 0.211 e. The lowest BCUT2D eigenvalue weighted by Crippen LogP contribution is -2.35. The average Bonchev–Trinajstić information content (AvgIpc) is 3.72. The van der Waals surface area contributed by atoms with E-state index in [0.29, 0.717) is 29.9 Å². The van der Waals surface area contributed by atoms with E-state index in [-0.39, 0.29) is 0 Å². The highest BCUT2D eigenvalue weighted by atomic mass is 35.5. The minimum atomic E-state index is 0.294. The number of piperidine rings is 1. The van der Waals surface area contributed by atoms with Crippen LogP contribution in [0.5, 0.6) is 0 Å². The molecule has 0 spiro atoms. The maximum Gasteiger partial charge on any atom is 0.211 e. The lowest BCUT2D eigenvalue weighted by Gasteiger charge is -2.34. The Morgan fingerprint density at radius 3 is 2.49 bits per heavy atom. The summed E-state index contributed by atoms with van der Waals surface area (Å²) in [5, 5.41) is 12.5. The van der Waals surface area contributed by atoms with E-state index in [1.165, 1.54) is 18.4 Å². The fourth-order valence-corrected chi connectivity index (χ4v) is 4.24. The molecule has 1 saturated heterocycles. The highest BCUT2D eigenvalue weighted by Gasteiger charge is 2.30. The number of benzene rings is 1. The molecule has 0 bridgehead atoms. The van der Waals surface area contributed by atoms with Crippen LogP contribution in [0.1, 0.15) is 57.4 Å². The summed E-state index contributed by atoms with van der Waals surface area (Å²) in [6.07, 6.45) is 9.61. The molecule has 0 unspecified atom stereocenters. The minimum absolute atomic E-state index is 0.294. The number of rotatable bonds is 8. The zero-order valence-corrected chi connectivity index (χ0v) is 21.3. The molecule has 1 aliphatic heterocycles. The first-order chi connectivity index (χ1) is 16.9. The summed E-state index contributed by atoms with van der Waals surface area (Å²) in [4.78, 5) is 21.9. The molecule has 2 aromatic rings. The number of nitrogens with two attached hydrogens (primary N) is 1. The van der Waals surface area contributed by atoms with Crippen molar-refractivity contribution in [1.29, 1.82) is 0 Å². The van der Waals surface area contributed by atoms with Crippen molar-refractivity contribution in [3.05, 3.63) is 58.9 Å². The van der Waals surface area contributed by atoms with Gasteiger partial charge in [0.05, 0.1) is 17.6 Å². The zero-order chi connectivity index (χ0) is 25.2. The summed E-state index contributed by atoms with van der Waals surface area (Å²) >= 11 is 5.76. The number of aromatic nitrogens is 1. The molecule has 0 atom stereocenters. The van der Waals surface area contributed by atoms with Gasteiger partial charge in [-0.3, -0.25) is 9.79 Å². The van der Waals surface area contributed by atoms with E-state index in [2.05, 4.69) is 26.3 Å². The molecule has 4 N–H and O–H groups in total. The Morgan fingerprint density at radius 1 is 1.23 bits per heavy atom. The van der Waals surface area contributed by atoms with Gasteiger partial charge in [-0.15, -0.1) is 0 Å². The number of allylic oxidation sites excluding steroid dienone is 1. The van der Waals surface area contributed by atoms with Gasteiger partial charge in [-0.2, -0.15) is 0 Å². The van der Waals surface area contributed by atoms with Gasteiger partial charge in [0.25, 0.3) is 0 Å². The standard InChI is InChI=1S/C16H23N3O2.C11H13ClN2/c20-8-5-12-3-6-19(7-4-12)16-15(13-1-2-13)9-14(10-17-16)18-11-21;1-8(7-13)9(2)14-11-5-3-10(12)4-6-11/h9-13,20H,1-8H2,(H,18,21);3-7H,13H2,1-2H3/b;8-7-,14-9?. The van der Waals surface area contributed by atoms with Crippen molar-refractivity contribution in [2.45, 2.75) is 51.9 Å². The first-order valence-electron chi connectivity index (χ1n) is 12.2. The van der Waals surface area contributed by atoms with Gasteiger partial charge in [0.15, 0.2) is 0 Å². The summed E-state index contributed by atoms with van der Waals surface area (Å²) in [5.41, 5.74) is 10.2. The van der Waals surface area contributed by atoms with E-state index in [0.717, 1.165) is 60.8 Å². The van der Waals surface area contributed by atoms with Crippen molar-refractivity contribution in [1.82, 2.24) is 4.98 Å². The fourth-order valence-electron chi connectivity index (χ4n) is 4.11. The topological polar surface area (TPSA) is 104 Å². The van der Waals surface area contributed by atoms with E-state index >= 15 is 0 Å². The number of nitrogens with zero attached hydrogens (tertiary/aromatic N) is 3. The SMILES string of the molecule is CC(=Nc1ccc(Cl)cc1)/C(C)=C\N.O=CNc1cnc(N2CCC(CCO)CC2)c(C2CC2)c1. The van der Waals surface area contributed by atoms with Crippen LogP contribution in [0.2, 0.25) is 5.02 Å². The second-order valence-electron chi connectivity index (χ2n) is 9.14. The van der Waals surface area contributed by atoms with Gasteiger partial charge in [-0.1, -0.05) is 11.6 Å². The van der Waals surface area contributed by atoms with Crippen molar-refractivity contribution in [2.75, 3.05) is 29.9 Å². The third kappa shape index (κ3) is 8.08. The molecule has 4 rings (SSSR count). The molecule has 2 aliphatic rings. The molecule has 8 heteroatoms. The second kappa shape index (κ2) is 13.3. The van der Waals surface area contributed by atoms with E-state index in [9.17, 15) is 4.79 Å². The molecular weight excluding hydrogens is 462 g/mol. The van der Waals surface area contributed by atoms with Gasteiger partial charge in [0.2, 0.25) is 6.41 Å². The molecule has 1 aliphatic carbocycles. The van der Waals surface area contributed by atoms with Gasteiger partial charge in [0, 0.05) is 30.4 Å². The molecule has 1 aromatic carbocycles. The Bertz CT molecular complexity index is 1030. The third-order valence-electron chi connectivity index (χ3n) is 6.53. The van der Waals surface area contributed by atoms with Crippen molar-refractivity contribution in [3.8, 4) is 0 Å². The summed E-state index contributed by atoms with van der Waals surface area (Å²) in [7, 11) is 0. The normalized spacial score (nSPS) is 17.0. The fraction of sp³-hybridized carbons (Fsp3) is 0.444. The van der Waals surface area contributed by atoms with Crippen molar-refractivity contribution < 1.29 is 9.90 Å². The molecule has 0 radical (unpaired) electrons. The van der Waals surface area contributed by atoms with Crippen LogP contribution in [0.25, 0.3) is 0 Å². The highest BCUT2D eigenvalue weighted by Crippen LogP contribution is 2.45. The Labute approximate surface area is 213 Å². The molecule has 2 heterocycles. The number of amides is 1. The Kier molecular flexibility index (Phi) is 10.1.